The van der Waals surface area contributed by atoms with Gasteiger partial charge in [0.25, 0.3) is 0 Å². The quantitative estimate of drug-likeness (QED) is 0.670. The fraction of sp³-hybridized carbons (Fsp3) is 0.375. The van der Waals surface area contributed by atoms with Crippen LogP contribution in [0.2, 0.25) is 0 Å². The third-order valence-corrected chi connectivity index (χ3v) is 7.05. The predicted octanol–water partition coefficient (Wildman–Crippen LogP) is 4.25. The molecule has 2 amide bonds. The summed E-state index contributed by atoms with van der Waals surface area (Å²) in [4.78, 5) is 27.8. The Morgan fingerprint density at radius 1 is 1.09 bits per heavy atom. The molecule has 4 atom stereocenters. The molecule has 5 rings (SSSR count). The van der Waals surface area contributed by atoms with Crippen molar-refractivity contribution < 1.29 is 27.5 Å². The summed E-state index contributed by atoms with van der Waals surface area (Å²) in [5.41, 5.74) is -2.65. The maximum Gasteiger partial charge on any atom is 0.417 e. The van der Waals surface area contributed by atoms with Crippen molar-refractivity contribution in [3.05, 3.63) is 65.2 Å². The number of carbonyl (C=O) groups excluding carboxylic acids is 2. The Hall–Kier alpha value is -3.18. The molecule has 3 aliphatic heterocycles. The Kier molecular flexibility index (Phi) is 4.31. The van der Waals surface area contributed by atoms with Gasteiger partial charge in [-0.2, -0.15) is 18.4 Å². The number of halogens is 3. The Morgan fingerprint density at radius 3 is 2.44 bits per heavy atom. The fourth-order valence-electron chi connectivity index (χ4n) is 5.71. The van der Waals surface area contributed by atoms with Crippen molar-refractivity contribution in [3.63, 3.8) is 0 Å². The van der Waals surface area contributed by atoms with Crippen LogP contribution in [0.1, 0.15) is 36.5 Å². The van der Waals surface area contributed by atoms with E-state index in [1.807, 2.05) is 30.3 Å². The summed E-state index contributed by atoms with van der Waals surface area (Å²) >= 11 is 0. The van der Waals surface area contributed by atoms with E-state index in [1.54, 1.807) is 6.92 Å². The number of nitrogens with zero attached hydrogens (tertiary/aromatic N) is 2. The topological polar surface area (TPSA) is 70.4 Å². The molecule has 3 aliphatic rings. The standard InChI is InChI=1S/C24H19F3N2O3/c1-22-9-10-23(32-22,12-14-5-3-2-4-6-14)19-18(22)20(30)29(21(19)31)16-8-7-15(13-28)17(11-16)24(25,26)27/h2-8,11,18-19H,9-10,12H2,1H3. The molecule has 2 aromatic carbocycles. The van der Waals surface area contributed by atoms with E-state index in [2.05, 4.69) is 0 Å². The van der Waals surface area contributed by atoms with Crippen LogP contribution >= 0.6 is 0 Å². The van der Waals surface area contributed by atoms with E-state index in [0.29, 0.717) is 25.3 Å². The number of imide groups is 1. The van der Waals surface area contributed by atoms with Crippen LogP contribution in [0.15, 0.2) is 48.5 Å². The first-order valence-corrected chi connectivity index (χ1v) is 10.3. The lowest BCUT2D eigenvalue weighted by atomic mass is 9.66. The van der Waals surface area contributed by atoms with Gasteiger partial charge in [0.1, 0.15) is 0 Å². The van der Waals surface area contributed by atoms with Crippen LogP contribution in [0.5, 0.6) is 0 Å². The highest BCUT2D eigenvalue weighted by Gasteiger charge is 2.73. The van der Waals surface area contributed by atoms with E-state index in [9.17, 15) is 22.8 Å². The van der Waals surface area contributed by atoms with E-state index < -0.39 is 52.2 Å². The number of carbonyl (C=O) groups is 2. The van der Waals surface area contributed by atoms with Crippen LogP contribution in [0.3, 0.4) is 0 Å². The lowest BCUT2D eigenvalue weighted by Crippen LogP contribution is -2.43. The average molecular weight is 440 g/mol. The van der Waals surface area contributed by atoms with Crippen molar-refractivity contribution >= 4 is 17.5 Å². The van der Waals surface area contributed by atoms with Crippen molar-refractivity contribution in [2.24, 2.45) is 11.8 Å². The highest BCUT2D eigenvalue weighted by molar-refractivity contribution is 6.23. The van der Waals surface area contributed by atoms with Crippen LogP contribution < -0.4 is 4.90 Å². The molecule has 0 aliphatic carbocycles. The number of ether oxygens (including phenoxy) is 1. The smallest absolute Gasteiger partial charge is 0.367 e. The van der Waals surface area contributed by atoms with Gasteiger partial charge in [-0.25, -0.2) is 4.90 Å². The largest absolute Gasteiger partial charge is 0.417 e. The zero-order chi connectivity index (χ0) is 22.9. The molecular formula is C24H19F3N2O3. The molecule has 5 nitrogen and oxygen atoms in total. The normalized spacial score (nSPS) is 31.2. The number of anilines is 1. The minimum Gasteiger partial charge on any atom is -0.367 e. The van der Waals surface area contributed by atoms with Gasteiger partial charge < -0.3 is 4.74 Å². The molecule has 2 aromatic rings. The molecule has 3 saturated heterocycles. The van der Waals surface area contributed by atoms with Crippen molar-refractivity contribution in [2.45, 2.75) is 43.6 Å². The molecule has 3 heterocycles. The summed E-state index contributed by atoms with van der Waals surface area (Å²) in [7, 11) is 0. The number of alkyl halides is 3. The second-order valence-electron chi connectivity index (χ2n) is 8.95. The second kappa shape index (κ2) is 6.66. The van der Waals surface area contributed by atoms with Crippen LogP contribution in [-0.4, -0.2) is 23.0 Å². The number of hydrogen-bond acceptors (Lipinski definition) is 4. The molecule has 4 unspecified atom stereocenters. The van der Waals surface area contributed by atoms with E-state index in [1.165, 1.54) is 12.1 Å². The maximum absolute atomic E-state index is 13.5. The summed E-state index contributed by atoms with van der Waals surface area (Å²) < 4.78 is 46.8. The van der Waals surface area contributed by atoms with Gasteiger partial charge in [-0.1, -0.05) is 30.3 Å². The van der Waals surface area contributed by atoms with Gasteiger partial charge in [0.05, 0.1) is 45.9 Å². The monoisotopic (exact) mass is 440 g/mol. The first-order valence-electron chi connectivity index (χ1n) is 10.3. The molecule has 32 heavy (non-hydrogen) atoms. The highest BCUT2D eigenvalue weighted by Crippen LogP contribution is 2.62. The van der Waals surface area contributed by atoms with Gasteiger partial charge in [0.15, 0.2) is 0 Å². The van der Waals surface area contributed by atoms with Crippen molar-refractivity contribution in [1.82, 2.24) is 0 Å². The van der Waals surface area contributed by atoms with Gasteiger partial charge in [-0.05, 0) is 43.5 Å². The third kappa shape index (κ3) is 2.81. The Labute approximate surface area is 182 Å². The predicted molar refractivity (Wildman–Crippen MR) is 107 cm³/mol. The first-order chi connectivity index (χ1) is 15.1. The molecule has 2 bridgehead atoms. The first kappa shape index (κ1) is 20.7. The summed E-state index contributed by atoms with van der Waals surface area (Å²) in [5.74, 6) is -2.61. The van der Waals surface area contributed by atoms with Crippen molar-refractivity contribution in [3.8, 4) is 6.07 Å². The number of hydrogen-bond donors (Lipinski definition) is 0. The van der Waals surface area contributed by atoms with Crippen molar-refractivity contribution in [2.75, 3.05) is 4.90 Å². The molecule has 8 heteroatoms. The lowest BCUT2D eigenvalue weighted by molar-refractivity contribution is -0.138. The van der Waals surface area contributed by atoms with E-state index in [-0.39, 0.29) is 5.69 Å². The summed E-state index contributed by atoms with van der Waals surface area (Å²) in [6, 6.07) is 14.0. The van der Waals surface area contributed by atoms with E-state index in [0.717, 1.165) is 16.5 Å². The minimum atomic E-state index is -4.79. The third-order valence-electron chi connectivity index (χ3n) is 7.05. The maximum atomic E-state index is 13.5. The molecular weight excluding hydrogens is 421 g/mol. The highest BCUT2D eigenvalue weighted by atomic mass is 19.4. The van der Waals surface area contributed by atoms with Gasteiger partial charge in [-0.3, -0.25) is 9.59 Å². The van der Waals surface area contributed by atoms with Gasteiger partial charge in [-0.15, -0.1) is 0 Å². The van der Waals surface area contributed by atoms with Crippen LogP contribution in [0, 0.1) is 23.2 Å². The van der Waals surface area contributed by atoms with Crippen molar-refractivity contribution in [1.29, 1.82) is 5.26 Å². The van der Waals surface area contributed by atoms with Gasteiger partial charge in [0, 0.05) is 6.42 Å². The summed E-state index contributed by atoms with van der Waals surface area (Å²) in [6.07, 6.45) is -3.16. The summed E-state index contributed by atoms with van der Waals surface area (Å²) in [5, 5.41) is 9.04. The molecule has 0 N–H and O–H groups in total. The number of nitriles is 1. The Morgan fingerprint density at radius 2 is 1.78 bits per heavy atom. The summed E-state index contributed by atoms with van der Waals surface area (Å²) in [6.45, 7) is 1.80. The van der Waals surface area contributed by atoms with E-state index in [4.69, 9.17) is 10.00 Å². The number of rotatable bonds is 3. The SMILES string of the molecule is CC12CCC(Cc3ccccc3)(O1)C1C(=O)N(c3ccc(C#N)c(C(F)(F)F)c3)C(=O)C12. The van der Waals surface area contributed by atoms with Crippen LogP contribution in [0.4, 0.5) is 18.9 Å². The Balaban J connectivity index is 1.56. The van der Waals surface area contributed by atoms with E-state index >= 15 is 0 Å². The second-order valence-corrected chi connectivity index (χ2v) is 8.95. The zero-order valence-electron chi connectivity index (χ0n) is 17.1. The number of benzene rings is 2. The zero-order valence-corrected chi connectivity index (χ0v) is 17.1. The van der Waals surface area contributed by atoms with Crippen LogP contribution in [0.25, 0.3) is 0 Å². The molecule has 0 saturated carbocycles. The molecule has 164 valence electrons. The Bertz CT molecular complexity index is 1170. The fourth-order valence-corrected chi connectivity index (χ4v) is 5.71. The molecule has 0 spiro atoms. The average Bonchev–Trinajstić information content (AvgIpc) is 3.32. The number of fused-ring (bicyclic) bond motifs is 5. The molecule has 0 radical (unpaired) electrons. The van der Waals surface area contributed by atoms with Crippen LogP contribution in [-0.2, 0) is 26.9 Å². The minimum absolute atomic E-state index is 0.168. The molecule has 0 aromatic heterocycles. The van der Waals surface area contributed by atoms with Gasteiger partial charge in [0.2, 0.25) is 11.8 Å². The van der Waals surface area contributed by atoms with Gasteiger partial charge >= 0.3 is 6.18 Å². The lowest BCUT2D eigenvalue weighted by Gasteiger charge is -2.31. The number of amides is 2. The molecule has 3 fully saturated rings.